The number of aliphatic carboxylic acids is 2. The maximum absolute atomic E-state index is 13.1. The maximum atomic E-state index is 13.1. The topological polar surface area (TPSA) is 133 Å². The molecule has 9 heteroatoms. The molecule has 8 nitrogen and oxygen atoms in total. The lowest BCUT2D eigenvalue weighted by Crippen LogP contribution is -2.49. The maximum Gasteiger partial charge on any atom is 0.326 e. The second-order valence-corrected chi connectivity index (χ2v) is 12.6. The minimum absolute atomic E-state index is 0.0265. The van der Waals surface area contributed by atoms with Gasteiger partial charge in [0.15, 0.2) is 0 Å². The van der Waals surface area contributed by atoms with E-state index in [9.17, 15) is 29.4 Å². The van der Waals surface area contributed by atoms with E-state index in [-0.39, 0.29) is 17.7 Å². The summed E-state index contributed by atoms with van der Waals surface area (Å²) in [5.74, 6) is -3.60. The lowest BCUT2D eigenvalue weighted by atomic mass is 9.65. The number of halogens is 1. The third kappa shape index (κ3) is 6.27. The fourth-order valence-corrected chi connectivity index (χ4v) is 5.40. The number of carbonyl (C=O) groups excluding carboxylic acids is 2. The van der Waals surface area contributed by atoms with Crippen LogP contribution in [0.3, 0.4) is 0 Å². The Morgan fingerprint density at radius 3 is 2.13 bits per heavy atom. The van der Waals surface area contributed by atoms with Crippen LogP contribution in [-0.2, 0) is 26.2 Å². The van der Waals surface area contributed by atoms with Crippen molar-refractivity contribution in [3.05, 3.63) is 64.2 Å². The molecule has 3 rings (SSSR count). The van der Waals surface area contributed by atoms with Gasteiger partial charge in [-0.3, -0.25) is 14.4 Å². The van der Waals surface area contributed by atoms with Crippen LogP contribution in [-0.4, -0.2) is 40.0 Å². The highest BCUT2D eigenvalue weighted by Gasteiger charge is 2.58. The zero-order valence-corrected chi connectivity index (χ0v) is 24.0. The second kappa shape index (κ2) is 11.0. The Morgan fingerprint density at radius 2 is 1.64 bits per heavy atom. The number of amides is 2. The van der Waals surface area contributed by atoms with Gasteiger partial charge in [-0.25, -0.2) is 4.79 Å². The molecular formula is C30H37ClN2O6. The Morgan fingerprint density at radius 1 is 1.03 bits per heavy atom. The van der Waals surface area contributed by atoms with Crippen LogP contribution in [0.5, 0.6) is 0 Å². The first-order valence-electron chi connectivity index (χ1n) is 12.9. The number of hydrogen-bond donors (Lipinski definition) is 4. The van der Waals surface area contributed by atoms with Crippen LogP contribution in [0.1, 0.15) is 75.9 Å². The molecule has 0 spiro atoms. The lowest BCUT2D eigenvalue weighted by molar-refractivity contribution is -0.155. The van der Waals surface area contributed by atoms with E-state index in [1.54, 1.807) is 57.2 Å². The fourth-order valence-electron chi connectivity index (χ4n) is 5.14. The third-order valence-electron chi connectivity index (χ3n) is 8.36. The van der Waals surface area contributed by atoms with Crippen LogP contribution < -0.4 is 10.6 Å². The Balaban J connectivity index is 1.66. The number of nitrogens with one attached hydrogen (secondary N) is 2. The quantitative estimate of drug-likeness (QED) is 0.338. The standard InChI is InChI=1S/C30H37ClN2O6/c1-28(2,3)18-9-12-20(22(31)16-18)24(34)32-19-10-7-17(8-11-19)15-23(26(36)37)33-25(35)21-13-14-30(6,27(38)39)29(21,4)5/h7-12,16,21,23H,13-15H2,1-6H3,(H,32,34)(H,33,35)(H,36,37)(H,38,39)/t21-,23+,30+/m1/s1. The molecule has 0 heterocycles. The zero-order valence-electron chi connectivity index (χ0n) is 23.2. The van der Waals surface area contributed by atoms with Gasteiger partial charge in [-0.15, -0.1) is 0 Å². The summed E-state index contributed by atoms with van der Waals surface area (Å²) in [7, 11) is 0. The smallest absolute Gasteiger partial charge is 0.326 e. The van der Waals surface area contributed by atoms with Crippen molar-refractivity contribution in [2.75, 3.05) is 5.32 Å². The van der Waals surface area contributed by atoms with Crippen LogP contribution in [0.2, 0.25) is 5.02 Å². The van der Waals surface area contributed by atoms with Crippen molar-refractivity contribution in [1.29, 1.82) is 0 Å². The van der Waals surface area contributed by atoms with Crippen molar-refractivity contribution in [1.82, 2.24) is 5.32 Å². The van der Waals surface area contributed by atoms with Crippen molar-refractivity contribution < 1.29 is 29.4 Å². The summed E-state index contributed by atoms with van der Waals surface area (Å²) in [6, 6.07) is 10.8. The van der Waals surface area contributed by atoms with Crippen molar-refractivity contribution in [3.63, 3.8) is 0 Å². The lowest BCUT2D eigenvalue weighted by Gasteiger charge is -2.38. The first-order chi connectivity index (χ1) is 18.0. The van der Waals surface area contributed by atoms with Crippen LogP contribution in [0, 0.1) is 16.7 Å². The number of rotatable bonds is 8. The molecule has 3 atom stereocenters. The first kappa shape index (κ1) is 30.2. The summed E-state index contributed by atoms with van der Waals surface area (Å²) in [5, 5.41) is 25.2. The molecule has 0 radical (unpaired) electrons. The zero-order chi connectivity index (χ0) is 29.3. The Labute approximate surface area is 234 Å². The molecule has 0 saturated heterocycles. The van der Waals surface area contributed by atoms with Gasteiger partial charge in [0.25, 0.3) is 5.91 Å². The number of carboxylic acid groups (broad SMARTS) is 2. The molecule has 0 aliphatic heterocycles. The first-order valence-corrected chi connectivity index (χ1v) is 13.3. The van der Waals surface area contributed by atoms with Gasteiger partial charge in [-0.2, -0.15) is 0 Å². The summed E-state index contributed by atoms with van der Waals surface area (Å²) in [4.78, 5) is 49.7. The van der Waals surface area contributed by atoms with Crippen LogP contribution in [0.25, 0.3) is 0 Å². The molecule has 1 saturated carbocycles. The van der Waals surface area contributed by atoms with Crippen LogP contribution in [0.15, 0.2) is 42.5 Å². The van der Waals surface area contributed by atoms with Crippen molar-refractivity contribution in [3.8, 4) is 0 Å². The SMILES string of the molecule is CC(C)(C)c1ccc(C(=O)Nc2ccc(C[C@H](NC(=O)[C@H]3CC[C@@](C)(C(=O)O)C3(C)C)C(=O)O)cc2)c(Cl)c1. The molecular weight excluding hydrogens is 520 g/mol. The molecule has 1 aliphatic carbocycles. The summed E-state index contributed by atoms with van der Waals surface area (Å²) in [5.41, 5.74) is 0.491. The second-order valence-electron chi connectivity index (χ2n) is 12.1. The molecule has 1 aliphatic rings. The predicted octanol–water partition coefficient (Wildman–Crippen LogP) is 5.53. The van der Waals surface area contributed by atoms with E-state index < -0.39 is 40.6 Å². The summed E-state index contributed by atoms with van der Waals surface area (Å²) < 4.78 is 0. The molecule has 210 valence electrons. The van der Waals surface area contributed by atoms with Gasteiger partial charge in [0.2, 0.25) is 5.91 Å². The number of carboxylic acids is 2. The van der Waals surface area contributed by atoms with E-state index in [2.05, 4.69) is 31.4 Å². The highest BCUT2D eigenvalue weighted by Crippen LogP contribution is 2.56. The number of hydrogen-bond acceptors (Lipinski definition) is 4. The highest BCUT2D eigenvalue weighted by molar-refractivity contribution is 6.34. The van der Waals surface area contributed by atoms with E-state index in [0.717, 1.165) is 5.56 Å². The molecule has 2 aromatic carbocycles. The number of benzene rings is 2. The van der Waals surface area contributed by atoms with Gasteiger partial charge in [0.1, 0.15) is 6.04 Å². The third-order valence-corrected chi connectivity index (χ3v) is 8.67. The summed E-state index contributed by atoms with van der Waals surface area (Å²) in [6.45, 7) is 11.3. The van der Waals surface area contributed by atoms with Crippen LogP contribution in [0.4, 0.5) is 5.69 Å². The predicted molar refractivity (Wildman–Crippen MR) is 150 cm³/mol. The molecule has 2 amide bonds. The number of anilines is 1. The van der Waals surface area contributed by atoms with Crippen molar-refractivity contribution >= 4 is 41.0 Å². The average molecular weight is 557 g/mol. The Bertz CT molecular complexity index is 1280. The minimum atomic E-state index is -1.19. The Hall–Kier alpha value is -3.39. The van der Waals surface area contributed by atoms with Gasteiger partial charge >= 0.3 is 11.9 Å². The van der Waals surface area contributed by atoms with Gasteiger partial charge in [-0.1, -0.05) is 64.4 Å². The average Bonchev–Trinajstić information content (AvgIpc) is 3.08. The van der Waals surface area contributed by atoms with Crippen LogP contribution >= 0.6 is 11.6 Å². The van der Waals surface area contributed by atoms with E-state index in [4.69, 9.17) is 11.6 Å². The Kier molecular flexibility index (Phi) is 8.51. The van der Waals surface area contributed by atoms with Crippen molar-refractivity contribution in [2.45, 2.75) is 72.3 Å². The molecule has 2 aromatic rings. The molecule has 39 heavy (non-hydrogen) atoms. The van der Waals surface area contributed by atoms with E-state index >= 15 is 0 Å². The molecule has 1 fully saturated rings. The minimum Gasteiger partial charge on any atom is -0.481 e. The summed E-state index contributed by atoms with van der Waals surface area (Å²) >= 11 is 6.37. The summed E-state index contributed by atoms with van der Waals surface area (Å²) in [6.07, 6.45) is 0.730. The molecule has 0 aromatic heterocycles. The normalized spacial score (nSPS) is 21.2. The molecule has 0 unspecified atom stereocenters. The highest BCUT2D eigenvalue weighted by atomic mass is 35.5. The van der Waals surface area contributed by atoms with Gasteiger partial charge in [-0.05, 0) is 66.0 Å². The monoisotopic (exact) mass is 556 g/mol. The van der Waals surface area contributed by atoms with E-state index in [1.165, 1.54) is 0 Å². The number of carbonyl (C=O) groups is 4. The van der Waals surface area contributed by atoms with Crippen molar-refractivity contribution in [2.24, 2.45) is 16.7 Å². The largest absolute Gasteiger partial charge is 0.481 e. The van der Waals surface area contributed by atoms with Gasteiger partial charge in [0, 0.05) is 18.0 Å². The molecule has 4 N–H and O–H groups in total. The van der Waals surface area contributed by atoms with E-state index in [1.807, 2.05) is 6.07 Å². The van der Waals surface area contributed by atoms with Gasteiger partial charge in [0.05, 0.1) is 16.0 Å². The fraction of sp³-hybridized carbons (Fsp3) is 0.467. The van der Waals surface area contributed by atoms with Gasteiger partial charge < -0.3 is 20.8 Å². The molecule has 0 bridgehead atoms. The van der Waals surface area contributed by atoms with E-state index in [0.29, 0.717) is 34.7 Å².